The van der Waals surface area contributed by atoms with Gasteiger partial charge in [-0.1, -0.05) is 72.3 Å². The Bertz CT molecular complexity index is 1130. The van der Waals surface area contributed by atoms with Gasteiger partial charge in [0.15, 0.2) is 0 Å². The Morgan fingerprint density at radius 3 is 1.96 bits per heavy atom. The molecule has 4 aromatic carbocycles. The van der Waals surface area contributed by atoms with Gasteiger partial charge in [0, 0.05) is 21.4 Å². The number of thiazole rings is 1. The van der Waals surface area contributed by atoms with Gasteiger partial charge >= 0.3 is 0 Å². The van der Waals surface area contributed by atoms with Crippen molar-refractivity contribution in [1.29, 1.82) is 0 Å². The highest BCUT2D eigenvalue weighted by Gasteiger charge is 2.13. The Morgan fingerprint density at radius 1 is 0.667 bits per heavy atom. The first-order valence-electron chi connectivity index (χ1n) is 7.77. The Hall–Kier alpha value is -2.42. The molecule has 5 aromatic rings. The SMILES string of the molecule is Clc1ccc(-c2nc3c4ccccc4c4ccccc4c3s2)cc1. The Morgan fingerprint density at radius 2 is 1.25 bits per heavy atom. The zero-order valence-corrected chi connectivity index (χ0v) is 14.2. The highest BCUT2D eigenvalue weighted by atomic mass is 35.5. The topological polar surface area (TPSA) is 12.9 Å². The van der Waals surface area contributed by atoms with Crippen molar-refractivity contribution in [2.24, 2.45) is 0 Å². The average Bonchev–Trinajstić information content (AvgIpc) is 3.08. The molecule has 0 radical (unpaired) electrons. The Labute approximate surface area is 148 Å². The van der Waals surface area contributed by atoms with E-state index in [1.807, 2.05) is 24.3 Å². The molecule has 0 unspecified atom stereocenters. The van der Waals surface area contributed by atoms with Crippen molar-refractivity contribution in [2.45, 2.75) is 0 Å². The van der Waals surface area contributed by atoms with Gasteiger partial charge in [0.05, 0.1) is 10.2 Å². The first-order chi connectivity index (χ1) is 11.8. The quantitative estimate of drug-likeness (QED) is 0.300. The maximum atomic E-state index is 6.02. The molecule has 3 heteroatoms. The molecule has 0 spiro atoms. The molecule has 1 aromatic heterocycles. The zero-order valence-electron chi connectivity index (χ0n) is 12.7. The number of hydrogen-bond acceptors (Lipinski definition) is 2. The van der Waals surface area contributed by atoms with Crippen LogP contribution in [-0.2, 0) is 0 Å². The van der Waals surface area contributed by atoms with Crippen LogP contribution in [0.5, 0.6) is 0 Å². The predicted octanol–water partition coefficient (Wildman–Crippen LogP) is 6.92. The van der Waals surface area contributed by atoms with Gasteiger partial charge in [-0.25, -0.2) is 4.98 Å². The van der Waals surface area contributed by atoms with Gasteiger partial charge in [0.2, 0.25) is 0 Å². The minimum absolute atomic E-state index is 0.746. The lowest BCUT2D eigenvalue weighted by atomic mass is 10.0. The molecule has 114 valence electrons. The predicted molar refractivity (Wildman–Crippen MR) is 105 cm³/mol. The van der Waals surface area contributed by atoms with Crippen molar-refractivity contribution < 1.29 is 0 Å². The van der Waals surface area contributed by atoms with Crippen molar-refractivity contribution in [3.63, 3.8) is 0 Å². The van der Waals surface area contributed by atoms with E-state index >= 15 is 0 Å². The van der Waals surface area contributed by atoms with Crippen molar-refractivity contribution in [3.8, 4) is 10.6 Å². The second-order valence-corrected chi connectivity index (χ2v) is 7.23. The van der Waals surface area contributed by atoms with Gasteiger partial charge in [-0.05, 0) is 22.9 Å². The first kappa shape index (κ1) is 14.0. The third-order valence-electron chi connectivity index (χ3n) is 4.36. The lowest BCUT2D eigenvalue weighted by Crippen LogP contribution is -1.80. The van der Waals surface area contributed by atoms with Gasteiger partial charge in [0.25, 0.3) is 0 Å². The van der Waals surface area contributed by atoms with Gasteiger partial charge in [-0.15, -0.1) is 11.3 Å². The van der Waals surface area contributed by atoms with Gasteiger partial charge in [0.1, 0.15) is 5.01 Å². The van der Waals surface area contributed by atoms with E-state index in [1.54, 1.807) is 11.3 Å². The maximum Gasteiger partial charge on any atom is 0.124 e. The molecule has 0 bridgehead atoms. The van der Waals surface area contributed by atoms with E-state index in [0.717, 1.165) is 21.1 Å². The van der Waals surface area contributed by atoms with Crippen LogP contribution >= 0.6 is 22.9 Å². The van der Waals surface area contributed by atoms with Crippen LogP contribution < -0.4 is 0 Å². The van der Waals surface area contributed by atoms with E-state index < -0.39 is 0 Å². The minimum Gasteiger partial charge on any atom is -0.235 e. The summed E-state index contributed by atoms with van der Waals surface area (Å²) in [6.07, 6.45) is 0. The van der Waals surface area contributed by atoms with E-state index in [-0.39, 0.29) is 0 Å². The summed E-state index contributed by atoms with van der Waals surface area (Å²) < 4.78 is 1.24. The summed E-state index contributed by atoms with van der Waals surface area (Å²) in [7, 11) is 0. The van der Waals surface area contributed by atoms with Crippen molar-refractivity contribution in [1.82, 2.24) is 4.98 Å². The number of rotatable bonds is 1. The number of nitrogens with zero attached hydrogens (tertiary/aromatic N) is 1. The highest BCUT2D eigenvalue weighted by molar-refractivity contribution is 7.22. The molecule has 0 saturated heterocycles. The molecule has 0 saturated carbocycles. The van der Waals surface area contributed by atoms with Crippen LogP contribution in [-0.4, -0.2) is 4.98 Å². The summed E-state index contributed by atoms with van der Waals surface area (Å²) in [4.78, 5) is 4.97. The summed E-state index contributed by atoms with van der Waals surface area (Å²) in [5, 5.41) is 6.80. The van der Waals surface area contributed by atoms with Crippen LogP contribution in [0.2, 0.25) is 5.02 Å². The largest absolute Gasteiger partial charge is 0.235 e. The van der Waals surface area contributed by atoms with Crippen LogP contribution in [0, 0.1) is 0 Å². The highest BCUT2D eigenvalue weighted by Crippen LogP contribution is 2.40. The zero-order chi connectivity index (χ0) is 16.1. The summed E-state index contributed by atoms with van der Waals surface area (Å²) in [6.45, 7) is 0. The molecule has 5 rings (SSSR count). The second kappa shape index (κ2) is 5.30. The Balaban J connectivity index is 1.93. The number of hydrogen-bond donors (Lipinski definition) is 0. The molecule has 24 heavy (non-hydrogen) atoms. The van der Waals surface area contributed by atoms with E-state index in [1.165, 1.54) is 26.2 Å². The Kier molecular flexibility index (Phi) is 3.09. The van der Waals surface area contributed by atoms with E-state index in [0.29, 0.717) is 0 Å². The van der Waals surface area contributed by atoms with Crippen LogP contribution in [0.15, 0.2) is 72.8 Å². The molecule has 1 nitrogen and oxygen atoms in total. The van der Waals surface area contributed by atoms with E-state index in [4.69, 9.17) is 16.6 Å². The molecule has 0 aliphatic heterocycles. The third kappa shape index (κ3) is 2.04. The fraction of sp³-hybridized carbons (Fsp3) is 0. The van der Waals surface area contributed by atoms with Crippen molar-refractivity contribution >= 4 is 54.7 Å². The van der Waals surface area contributed by atoms with E-state index in [9.17, 15) is 0 Å². The molecule has 0 aliphatic carbocycles. The third-order valence-corrected chi connectivity index (χ3v) is 5.75. The fourth-order valence-electron chi connectivity index (χ4n) is 3.24. The van der Waals surface area contributed by atoms with Crippen molar-refractivity contribution in [3.05, 3.63) is 77.8 Å². The van der Waals surface area contributed by atoms with Gasteiger partial charge in [-0.3, -0.25) is 0 Å². The number of fused-ring (bicyclic) bond motifs is 6. The summed E-state index contributed by atoms with van der Waals surface area (Å²) in [5.74, 6) is 0. The van der Waals surface area contributed by atoms with Crippen LogP contribution in [0.3, 0.4) is 0 Å². The van der Waals surface area contributed by atoms with Gasteiger partial charge in [-0.2, -0.15) is 0 Å². The standard InChI is InChI=1S/C21H12ClNS/c22-14-11-9-13(10-12-14)21-23-19-17-7-3-1-5-15(17)16-6-2-4-8-18(16)20(19)24-21/h1-12H. The molecule has 0 aliphatic rings. The number of halogens is 1. The van der Waals surface area contributed by atoms with Crippen LogP contribution in [0.4, 0.5) is 0 Å². The lowest BCUT2D eigenvalue weighted by Gasteiger charge is -2.05. The molecular formula is C21H12ClNS. The molecular weight excluding hydrogens is 334 g/mol. The molecule has 0 N–H and O–H groups in total. The normalized spacial score (nSPS) is 11.5. The van der Waals surface area contributed by atoms with Gasteiger partial charge < -0.3 is 0 Å². The van der Waals surface area contributed by atoms with E-state index in [2.05, 4.69) is 48.5 Å². The molecule has 1 heterocycles. The fourth-order valence-corrected chi connectivity index (χ4v) is 4.49. The maximum absolute atomic E-state index is 6.02. The van der Waals surface area contributed by atoms with Crippen LogP contribution in [0.25, 0.3) is 42.3 Å². The summed E-state index contributed by atoms with van der Waals surface area (Å²) >= 11 is 7.76. The molecule has 0 amide bonds. The summed E-state index contributed by atoms with van der Waals surface area (Å²) in [5.41, 5.74) is 2.19. The minimum atomic E-state index is 0.746. The number of aromatic nitrogens is 1. The average molecular weight is 346 g/mol. The monoisotopic (exact) mass is 345 g/mol. The second-order valence-electron chi connectivity index (χ2n) is 5.79. The number of benzene rings is 4. The van der Waals surface area contributed by atoms with Crippen molar-refractivity contribution in [2.75, 3.05) is 0 Å². The summed E-state index contributed by atoms with van der Waals surface area (Å²) in [6, 6.07) is 25.0. The molecule has 0 fully saturated rings. The molecule has 0 atom stereocenters. The lowest BCUT2D eigenvalue weighted by molar-refractivity contribution is 1.49. The first-order valence-corrected chi connectivity index (χ1v) is 8.96. The van der Waals surface area contributed by atoms with Crippen LogP contribution in [0.1, 0.15) is 0 Å². The smallest absolute Gasteiger partial charge is 0.124 e.